The van der Waals surface area contributed by atoms with Crippen molar-refractivity contribution >= 4 is 11.7 Å². The predicted molar refractivity (Wildman–Crippen MR) is 69.7 cm³/mol. The summed E-state index contributed by atoms with van der Waals surface area (Å²) in [4.78, 5) is 5.29. The molecule has 1 rings (SSSR count). The Kier molecular flexibility index (Phi) is 5.18. The van der Waals surface area contributed by atoms with Crippen LogP contribution in [-0.2, 0) is 6.18 Å². The molecule has 0 aliphatic carbocycles. The third-order valence-electron chi connectivity index (χ3n) is 2.68. The standard InChI is InChI=1S/C12H17F3N4O/c1-8(2)19(7-6-10(16)18-20)11-5-3-4-9(17-11)12(13,14)15/h3-5,8,20H,6-7H2,1-2H3,(H2,16,18). The minimum absolute atomic E-state index is 0.0163. The normalized spacial score (nSPS) is 12.8. The lowest BCUT2D eigenvalue weighted by atomic mass is 10.2. The third-order valence-corrected chi connectivity index (χ3v) is 2.68. The highest BCUT2D eigenvalue weighted by atomic mass is 19.4. The number of pyridine rings is 1. The van der Waals surface area contributed by atoms with E-state index in [1.165, 1.54) is 12.1 Å². The Hall–Kier alpha value is -1.99. The molecule has 0 saturated carbocycles. The highest BCUT2D eigenvalue weighted by Gasteiger charge is 2.33. The lowest BCUT2D eigenvalue weighted by molar-refractivity contribution is -0.141. The predicted octanol–water partition coefficient (Wildman–Crippen LogP) is 2.45. The topological polar surface area (TPSA) is 74.7 Å². The molecular formula is C12H17F3N4O. The van der Waals surface area contributed by atoms with Crippen LogP contribution >= 0.6 is 0 Å². The van der Waals surface area contributed by atoms with Crippen molar-refractivity contribution in [3.63, 3.8) is 0 Å². The highest BCUT2D eigenvalue weighted by molar-refractivity contribution is 5.80. The second-order valence-corrected chi connectivity index (χ2v) is 4.51. The molecule has 0 amide bonds. The molecule has 0 saturated heterocycles. The van der Waals surface area contributed by atoms with E-state index in [4.69, 9.17) is 10.9 Å². The van der Waals surface area contributed by atoms with E-state index in [1.807, 2.05) is 13.8 Å². The monoisotopic (exact) mass is 290 g/mol. The van der Waals surface area contributed by atoms with Gasteiger partial charge in [-0.1, -0.05) is 11.2 Å². The summed E-state index contributed by atoms with van der Waals surface area (Å²) in [5.41, 5.74) is 4.43. The first kappa shape index (κ1) is 16.1. The maximum absolute atomic E-state index is 12.6. The zero-order valence-electron chi connectivity index (χ0n) is 11.2. The van der Waals surface area contributed by atoms with Crippen molar-refractivity contribution < 1.29 is 18.4 Å². The van der Waals surface area contributed by atoms with Gasteiger partial charge in [-0.3, -0.25) is 0 Å². The minimum Gasteiger partial charge on any atom is -0.409 e. The highest BCUT2D eigenvalue weighted by Crippen LogP contribution is 2.29. The van der Waals surface area contributed by atoms with E-state index < -0.39 is 11.9 Å². The molecule has 0 spiro atoms. The van der Waals surface area contributed by atoms with E-state index in [-0.39, 0.29) is 24.1 Å². The summed E-state index contributed by atoms with van der Waals surface area (Å²) in [6, 6.07) is 3.66. The van der Waals surface area contributed by atoms with E-state index in [0.717, 1.165) is 6.07 Å². The number of rotatable bonds is 5. The number of amidine groups is 1. The quantitative estimate of drug-likeness (QED) is 0.378. The number of halogens is 3. The van der Waals surface area contributed by atoms with Crippen LogP contribution in [0.15, 0.2) is 23.4 Å². The number of nitrogens with two attached hydrogens (primary N) is 1. The lowest BCUT2D eigenvalue weighted by Crippen LogP contribution is -2.35. The van der Waals surface area contributed by atoms with Crippen molar-refractivity contribution in [2.45, 2.75) is 32.5 Å². The number of alkyl halides is 3. The molecule has 0 fully saturated rings. The number of anilines is 1. The summed E-state index contributed by atoms with van der Waals surface area (Å²) in [6.45, 7) is 3.96. The molecule has 5 nitrogen and oxygen atoms in total. The molecule has 1 aromatic rings. The number of aromatic nitrogens is 1. The molecule has 0 radical (unpaired) electrons. The molecule has 0 atom stereocenters. The lowest BCUT2D eigenvalue weighted by Gasteiger charge is -2.28. The summed E-state index contributed by atoms with van der Waals surface area (Å²) < 4.78 is 37.9. The van der Waals surface area contributed by atoms with Crippen LogP contribution in [0.3, 0.4) is 0 Å². The van der Waals surface area contributed by atoms with E-state index in [2.05, 4.69) is 10.1 Å². The first-order valence-electron chi connectivity index (χ1n) is 6.03. The largest absolute Gasteiger partial charge is 0.433 e. The van der Waals surface area contributed by atoms with Crippen molar-refractivity contribution in [1.82, 2.24) is 4.98 Å². The molecule has 0 aliphatic rings. The van der Waals surface area contributed by atoms with Gasteiger partial charge in [0.1, 0.15) is 17.3 Å². The molecule has 8 heteroatoms. The van der Waals surface area contributed by atoms with Crippen molar-refractivity contribution in [2.75, 3.05) is 11.4 Å². The van der Waals surface area contributed by atoms with Gasteiger partial charge in [-0.15, -0.1) is 0 Å². The zero-order valence-corrected chi connectivity index (χ0v) is 11.2. The van der Waals surface area contributed by atoms with Gasteiger partial charge in [0.05, 0.1) is 0 Å². The second-order valence-electron chi connectivity index (χ2n) is 4.51. The third kappa shape index (κ3) is 4.29. The van der Waals surface area contributed by atoms with Gasteiger partial charge in [0.2, 0.25) is 0 Å². The van der Waals surface area contributed by atoms with Gasteiger partial charge in [-0.05, 0) is 26.0 Å². The van der Waals surface area contributed by atoms with Crippen LogP contribution in [-0.4, -0.2) is 28.6 Å². The SMILES string of the molecule is CC(C)N(CCC(N)=NO)c1cccc(C(F)(F)F)n1. The minimum atomic E-state index is -4.48. The van der Waals surface area contributed by atoms with Crippen LogP contribution in [0.2, 0.25) is 0 Å². The van der Waals surface area contributed by atoms with Gasteiger partial charge >= 0.3 is 6.18 Å². The van der Waals surface area contributed by atoms with Crippen LogP contribution in [0, 0.1) is 0 Å². The van der Waals surface area contributed by atoms with E-state index >= 15 is 0 Å². The van der Waals surface area contributed by atoms with Gasteiger partial charge < -0.3 is 15.8 Å². The molecule has 0 aromatic carbocycles. The van der Waals surface area contributed by atoms with Crippen molar-refractivity contribution in [2.24, 2.45) is 10.9 Å². The summed E-state index contributed by atoms with van der Waals surface area (Å²) in [6.07, 6.45) is -4.25. The number of oxime groups is 1. The van der Waals surface area contributed by atoms with Crippen LogP contribution < -0.4 is 10.6 Å². The smallest absolute Gasteiger partial charge is 0.409 e. The van der Waals surface area contributed by atoms with Gasteiger partial charge in [0.15, 0.2) is 0 Å². The van der Waals surface area contributed by atoms with Crippen molar-refractivity contribution in [3.05, 3.63) is 23.9 Å². The molecule has 0 unspecified atom stereocenters. The number of hydrogen-bond donors (Lipinski definition) is 2. The maximum atomic E-state index is 12.6. The average molecular weight is 290 g/mol. The summed E-state index contributed by atoms with van der Waals surface area (Å²) in [7, 11) is 0. The van der Waals surface area contributed by atoms with Gasteiger partial charge in [0.25, 0.3) is 0 Å². The number of hydrogen-bond acceptors (Lipinski definition) is 4. The Morgan fingerprint density at radius 2 is 2.10 bits per heavy atom. The fourth-order valence-electron chi connectivity index (χ4n) is 1.66. The van der Waals surface area contributed by atoms with E-state index in [9.17, 15) is 13.2 Å². The fraction of sp³-hybridized carbons (Fsp3) is 0.500. The average Bonchev–Trinajstić information content (AvgIpc) is 2.37. The first-order chi connectivity index (χ1) is 9.25. The Labute approximate surface area is 114 Å². The fourth-order valence-corrected chi connectivity index (χ4v) is 1.66. The Bertz CT molecular complexity index is 474. The molecule has 3 N–H and O–H groups in total. The summed E-state index contributed by atoms with van der Waals surface area (Å²) in [5.74, 6) is 0.225. The molecule has 0 bridgehead atoms. The van der Waals surface area contributed by atoms with Gasteiger partial charge in [-0.2, -0.15) is 13.2 Å². The van der Waals surface area contributed by atoms with Crippen LogP contribution in [0.1, 0.15) is 26.0 Å². The summed E-state index contributed by atoms with van der Waals surface area (Å²) in [5, 5.41) is 11.3. The van der Waals surface area contributed by atoms with E-state index in [1.54, 1.807) is 4.90 Å². The van der Waals surface area contributed by atoms with E-state index in [0.29, 0.717) is 6.54 Å². The van der Waals surface area contributed by atoms with Crippen LogP contribution in [0.25, 0.3) is 0 Å². The number of nitrogens with zero attached hydrogens (tertiary/aromatic N) is 3. The molecule has 112 valence electrons. The van der Waals surface area contributed by atoms with Crippen LogP contribution in [0.5, 0.6) is 0 Å². The second kappa shape index (κ2) is 6.44. The Morgan fingerprint density at radius 1 is 1.45 bits per heavy atom. The molecular weight excluding hydrogens is 273 g/mol. The molecule has 1 aromatic heterocycles. The Morgan fingerprint density at radius 3 is 2.60 bits per heavy atom. The Balaban J connectivity index is 2.98. The maximum Gasteiger partial charge on any atom is 0.433 e. The van der Waals surface area contributed by atoms with Crippen molar-refractivity contribution in [3.8, 4) is 0 Å². The van der Waals surface area contributed by atoms with Crippen LogP contribution in [0.4, 0.5) is 19.0 Å². The van der Waals surface area contributed by atoms with Gasteiger partial charge in [0, 0.05) is 19.0 Å². The zero-order chi connectivity index (χ0) is 15.3. The summed E-state index contributed by atoms with van der Waals surface area (Å²) >= 11 is 0. The molecule has 20 heavy (non-hydrogen) atoms. The molecule has 0 aliphatic heterocycles. The van der Waals surface area contributed by atoms with Crippen molar-refractivity contribution in [1.29, 1.82) is 0 Å². The van der Waals surface area contributed by atoms with Gasteiger partial charge in [-0.25, -0.2) is 4.98 Å². The molecule has 1 heterocycles. The first-order valence-corrected chi connectivity index (χ1v) is 6.03.